The maximum atomic E-state index is 14.9. The van der Waals surface area contributed by atoms with Gasteiger partial charge in [-0.1, -0.05) is 41.9 Å². The number of carbonyl (C=O) groups is 3. The van der Waals surface area contributed by atoms with E-state index in [4.69, 9.17) is 11.6 Å². The molecule has 0 bridgehead atoms. The van der Waals surface area contributed by atoms with Crippen molar-refractivity contribution in [2.45, 2.75) is 12.5 Å². The van der Waals surface area contributed by atoms with Gasteiger partial charge in [-0.25, -0.2) is 9.18 Å². The molecule has 0 radical (unpaired) electrons. The number of halogens is 2. The van der Waals surface area contributed by atoms with E-state index >= 15 is 0 Å². The number of hydrogen-bond acceptors (Lipinski definition) is 7. The van der Waals surface area contributed by atoms with E-state index in [0.717, 1.165) is 11.6 Å². The zero-order valence-corrected chi connectivity index (χ0v) is 21.8. The first-order valence-corrected chi connectivity index (χ1v) is 12.2. The van der Waals surface area contributed by atoms with E-state index < -0.39 is 29.8 Å². The number of nitrogens with one attached hydrogen (secondary N) is 3. The molecule has 0 aliphatic carbocycles. The van der Waals surface area contributed by atoms with Gasteiger partial charge in [0, 0.05) is 29.4 Å². The average molecular weight is 564 g/mol. The van der Waals surface area contributed by atoms with Crippen LogP contribution in [0.5, 0.6) is 0 Å². The Bertz CT molecular complexity index is 1510. The molecule has 0 saturated carbocycles. The molecule has 0 saturated heterocycles. The fourth-order valence-corrected chi connectivity index (χ4v) is 3.82. The molecule has 11 nitrogen and oxygen atoms in total. The lowest BCUT2D eigenvalue weighted by Gasteiger charge is -2.18. The molecule has 0 unspecified atom stereocenters. The molecular formula is C27H23ClFN7O4. The summed E-state index contributed by atoms with van der Waals surface area (Å²) < 4.78 is 20.6. The molecule has 0 aliphatic heterocycles. The summed E-state index contributed by atoms with van der Waals surface area (Å²) in [5, 5.41) is 18.7. The van der Waals surface area contributed by atoms with Crippen molar-refractivity contribution in [1.29, 1.82) is 0 Å². The van der Waals surface area contributed by atoms with Crippen molar-refractivity contribution in [1.82, 2.24) is 25.5 Å². The van der Waals surface area contributed by atoms with Gasteiger partial charge in [0.1, 0.15) is 12.4 Å². The summed E-state index contributed by atoms with van der Waals surface area (Å²) in [6.45, 7) is 0. The molecule has 4 rings (SSSR count). The molecule has 3 aromatic carbocycles. The van der Waals surface area contributed by atoms with Crippen molar-refractivity contribution in [3.63, 3.8) is 0 Å². The Morgan fingerprint density at radius 2 is 1.73 bits per heavy atom. The van der Waals surface area contributed by atoms with Crippen LogP contribution < -0.4 is 16.0 Å². The van der Waals surface area contributed by atoms with E-state index in [1.54, 1.807) is 24.3 Å². The molecule has 1 aromatic heterocycles. The zero-order chi connectivity index (χ0) is 28.5. The molecule has 204 valence electrons. The smallest absolute Gasteiger partial charge is 0.411 e. The van der Waals surface area contributed by atoms with Gasteiger partial charge in [0.2, 0.25) is 11.8 Å². The number of benzene rings is 3. The molecular weight excluding hydrogens is 541 g/mol. The number of methoxy groups -OCH3 is 1. The van der Waals surface area contributed by atoms with E-state index in [9.17, 15) is 18.8 Å². The highest BCUT2D eigenvalue weighted by molar-refractivity contribution is 6.31. The molecule has 0 aliphatic rings. The number of amides is 3. The van der Waals surface area contributed by atoms with Gasteiger partial charge in [0.05, 0.1) is 17.8 Å². The molecule has 1 heterocycles. The normalized spacial score (nSPS) is 11.6. The number of hydrogen-bond donors (Lipinski definition) is 3. The third-order valence-electron chi connectivity index (χ3n) is 5.61. The lowest BCUT2D eigenvalue weighted by molar-refractivity contribution is -0.123. The Morgan fingerprint density at radius 1 is 1.02 bits per heavy atom. The van der Waals surface area contributed by atoms with Gasteiger partial charge < -0.3 is 15.4 Å². The Kier molecular flexibility index (Phi) is 9.15. The second-order valence-electron chi connectivity index (χ2n) is 8.32. The summed E-state index contributed by atoms with van der Waals surface area (Å²) in [5.74, 6) is -1.89. The predicted molar refractivity (Wildman–Crippen MR) is 146 cm³/mol. The maximum Gasteiger partial charge on any atom is 0.411 e. The molecule has 3 N–H and O–H groups in total. The third kappa shape index (κ3) is 7.26. The standard InChI is InChI=1S/C27H23ClFN7O4/c1-40-27(39)32-19-9-7-18(8-10-19)31-26(38)22(15-17-5-3-2-4-6-17)33-24(37)14-11-20-23(36-16-30-34-35-36)13-12-21(28)25(20)29/h2-14,16,22H,15H2,1H3,(H,31,38)(H,32,39)(H,33,37)/b14-11+/t22-/m0/s1. The van der Waals surface area contributed by atoms with Gasteiger partial charge in [-0.15, -0.1) is 5.10 Å². The van der Waals surface area contributed by atoms with Gasteiger partial charge in [-0.3, -0.25) is 14.9 Å². The van der Waals surface area contributed by atoms with Crippen molar-refractivity contribution in [2.75, 3.05) is 17.7 Å². The van der Waals surface area contributed by atoms with Crippen LogP contribution in [-0.4, -0.2) is 51.3 Å². The highest BCUT2D eigenvalue weighted by Crippen LogP contribution is 2.25. The number of anilines is 2. The van der Waals surface area contributed by atoms with Crippen LogP contribution in [0.15, 0.2) is 79.1 Å². The molecule has 3 amide bonds. The largest absolute Gasteiger partial charge is 0.453 e. The van der Waals surface area contributed by atoms with Gasteiger partial charge in [0.25, 0.3) is 0 Å². The van der Waals surface area contributed by atoms with Crippen LogP contribution in [-0.2, 0) is 20.7 Å². The summed E-state index contributed by atoms with van der Waals surface area (Å²) in [6.07, 6.45) is 3.17. The molecule has 13 heteroatoms. The highest BCUT2D eigenvalue weighted by atomic mass is 35.5. The Balaban J connectivity index is 1.51. The molecule has 0 spiro atoms. The lowest BCUT2D eigenvalue weighted by Crippen LogP contribution is -2.44. The van der Waals surface area contributed by atoms with Crippen LogP contribution in [0.1, 0.15) is 11.1 Å². The number of tetrazole rings is 1. The van der Waals surface area contributed by atoms with Gasteiger partial charge in [0.15, 0.2) is 5.82 Å². The first kappa shape index (κ1) is 27.9. The van der Waals surface area contributed by atoms with Crippen molar-refractivity contribution >= 4 is 47.0 Å². The van der Waals surface area contributed by atoms with E-state index in [-0.39, 0.29) is 22.7 Å². The van der Waals surface area contributed by atoms with E-state index in [1.807, 2.05) is 30.3 Å². The van der Waals surface area contributed by atoms with E-state index in [0.29, 0.717) is 11.4 Å². The van der Waals surface area contributed by atoms with Gasteiger partial charge in [-0.2, -0.15) is 4.68 Å². The van der Waals surface area contributed by atoms with Gasteiger partial charge in [-0.05, 0) is 58.5 Å². The number of ether oxygens (including phenoxy) is 1. The van der Waals surface area contributed by atoms with Gasteiger partial charge >= 0.3 is 6.09 Å². The van der Waals surface area contributed by atoms with E-state index in [1.165, 1.54) is 36.3 Å². The van der Waals surface area contributed by atoms with Crippen molar-refractivity contribution < 1.29 is 23.5 Å². The van der Waals surface area contributed by atoms with Crippen LogP contribution in [0, 0.1) is 5.82 Å². The molecule has 4 aromatic rings. The number of aromatic nitrogens is 4. The SMILES string of the molecule is COC(=O)Nc1ccc(NC(=O)[C@H](Cc2ccccc2)NC(=O)/C=C/c2c(-n3cnnn3)ccc(Cl)c2F)cc1. The first-order chi connectivity index (χ1) is 19.3. The summed E-state index contributed by atoms with van der Waals surface area (Å²) >= 11 is 5.95. The number of carbonyl (C=O) groups excluding carboxylic acids is 3. The minimum Gasteiger partial charge on any atom is -0.453 e. The van der Waals surface area contributed by atoms with Crippen molar-refractivity contribution in [3.05, 3.63) is 101 Å². The van der Waals surface area contributed by atoms with Crippen molar-refractivity contribution in [3.8, 4) is 5.69 Å². The topological polar surface area (TPSA) is 140 Å². The Morgan fingerprint density at radius 3 is 2.38 bits per heavy atom. The minimum absolute atomic E-state index is 0.0142. The van der Waals surface area contributed by atoms with Crippen LogP contribution in [0.4, 0.5) is 20.6 Å². The summed E-state index contributed by atoms with van der Waals surface area (Å²) in [4.78, 5) is 37.5. The molecule has 40 heavy (non-hydrogen) atoms. The Hall–Kier alpha value is -5.10. The first-order valence-electron chi connectivity index (χ1n) is 11.8. The molecule has 0 fully saturated rings. The highest BCUT2D eigenvalue weighted by Gasteiger charge is 2.21. The van der Waals surface area contributed by atoms with Crippen LogP contribution in [0.3, 0.4) is 0 Å². The van der Waals surface area contributed by atoms with Crippen LogP contribution >= 0.6 is 11.6 Å². The van der Waals surface area contributed by atoms with Crippen LogP contribution in [0.25, 0.3) is 11.8 Å². The second kappa shape index (κ2) is 13.1. The number of nitrogens with zero attached hydrogens (tertiary/aromatic N) is 4. The lowest BCUT2D eigenvalue weighted by atomic mass is 10.0. The van der Waals surface area contributed by atoms with Crippen molar-refractivity contribution in [2.24, 2.45) is 0 Å². The second-order valence-corrected chi connectivity index (χ2v) is 8.72. The Labute approximate surface area is 233 Å². The average Bonchev–Trinajstić information content (AvgIpc) is 3.50. The predicted octanol–water partition coefficient (Wildman–Crippen LogP) is 4.01. The zero-order valence-electron chi connectivity index (χ0n) is 21.0. The number of rotatable bonds is 9. The summed E-state index contributed by atoms with van der Waals surface area (Å²) in [6, 6.07) is 17.4. The van der Waals surface area contributed by atoms with Crippen LogP contribution in [0.2, 0.25) is 5.02 Å². The minimum atomic E-state index is -0.976. The maximum absolute atomic E-state index is 14.9. The monoisotopic (exact) mass is 563 g/mol. The third-order valence-corrected chi connectivity index (χ3v) is 5.90. The quantitative estimate of drug-likeness (QED) is 0.261. The van der Waals surface area contributed by atoms with E-state index in [2.05, 4.69) is 36.2 Å². The fraction of sp³-hybridized carbons (Fsp3) is 0.111. The molecule has 1 atom stereocenters. The summed E-state index contributed by atoms with van der Waals surface area (Å²) in [5.41, 5.74) is 1.97. The summed E-state index contributed by atoms with van der Waals surface area (Å²) in [7, 11) is 1.25. The fourth-order valence-electron chi connectivity index (χ4n) is 3.66.